The fraction of sp³-hybridized carbons (Fsp3) is 0.375. The predicted molar refractivity (Wildman–Crippen MR) is 60.3 cm³/mol. The zero-order chi connectivity index (χ0) is 10.7. The number of rotatable bonds is 3. The molecule has 0 unspecified atom stereocenters. The van der Waals surface area contributed by atoms with Gasteiger partial charge in [-0.15, -0.1) is 11.3 Å². The van der Waals surface area contributed by atoms with E-state index in [9.17, 15) is 4.79 Å². The standard InChI is InChI=1S/C8H10Cl2N2OS/c1-4(3-11)12-8(13)5-2-6(9)14-7(5)10/h2,4H,3,11H2,1H3,(H,12,13)/t4-/m0/s1. The normalized spacial score (nSPS) is 12.6. The molecule has 6 heteroatoms. The fourth-order valence-electron chi connectivity index (χ4n) is 0.856. The highest BCUT2D eigenvalue weighted by atomic mass is 35.5. The number of thiophene rings is 1. The van der Waals surface area contributed by atoms with Crippen molar-refractivity contribution in [3.8, 4) is 0 Å². The van der Waals surface area contributed by atoms with E-state index in [1.54, 1.807) is 6.07 Å². The topological polar surface area (TPSA) is 55.1 Å². The maximum absolute atomic E-state index is 11.5. The monoisotopic (exact) mass is 252 g/mol. The Hall–Kier alpha value is -0.290. The van der Waals surface area contributed by atoms with E-state index in [4.69, 9.17) is 28.9 Å². The first-order chi connectivity index (χ1) is 6.54. The Labute approximate surface area is 96.2 Å². The van der Waals surface area contributed by atoms with Crippen molar-refractivity contribution in [2.45, 2.75) is 13.0 Å². The first kappa shape index (κ1) is 11.8. The van der Waals surface area contributed by atoms with Crippen molar-refractivity contribution in [2.24, 2.45) is 5.73 Å². The zero-order valence-corrected chi connectivity index (χ0v) is 9.84. The van der Waals surface area contributed by atoms with E-state index in [2.05, 4.69) is 5.32 Å². The zero-order valence-electron chi connectivity index (χ0n) is 7.51. The number of carbonyl (C=O) groups is 1. The van der Waals surface area contributed by atoms with Gasteiger partial charge in [0.15, 0.2) is 0 Å². The number of halogens is 2. The summed E-state index contributed by atoms with van der Waals surface area (Å²) in [7, 11) is 0. The lowest BCUT2D eigenvalue weighted by Crippen LogP contribution is -2.37. The van der Waals surface area contributed by atoms with Crippen LogP contribution in [0.25, 0.3) is 0 Å². The smallest absolute Gasteiger partial charge is 0.253 e. The molecule has 1 aromatic heterocycles. The molecule has 0 saturated heterocycles. The molecule has 14 heavy (non-hydrogen) atoms. The van der Waals surface area contributed by atoms with E-state index in [1.807, 2.05) is 6.92 Å². The van der Waals surface area contributed by atoms with Crippen LogP contribution in [-0.4, -0.2) is 18.5 Å². The van der Waals surface area contributed by atoms with E-state index < -0.39 is 0 Å². The number of carbonyl (C=O) groups excluding carboxylic acids is 1. The molecule has 3 N–H and O–H groups in total. The summed E-state index contributed by atoms with van der Waals surface area (Å²) in [5, 5.41) is 2.70. The summed E-state index contributed by atoms with van der Waals surface area (Å²) in [4.78, 5) is 11.5. The van der Waals surface area contributed by atoms with Crippen molar-refractivity contribution < 1.29 is 4.79 Å². The van der Waals surface area contributed by atoms with Crippen molar-refractivity contribution >= 4 is 40.4 Å². The number of amides is 1. The first-order valence-corrected chi connectivity index (χ1v) is 5.57. The van der Waals surface area contributed by atoms with Crippen LogP contribution in [0.3, 0.4) is 0 Å². The molecule has 0 fully saturated rings. The lowest BCUT2D eigenvalue weighted by molar-refractivity contribution is 0.0942. The van der Waals surface area contributed by atoms with Gasteiger partial charge in [0.05, 0.1) is 9.90 Å². The number of hydrogen-bond acceptors (Lipinski definition) is 3. The van der Waals surface area contributed by atoms with Gasteiger partial charge in [-0.1, -0.05) is 23.2 Å². The van der Waals surface area contributed by atoms with Crippen molar-refractivity contribution in [1.29, 1.82) is 0 Å². The number of nitrogens with one attached hydrogen (secondary N) is 1. The second-order valence-electron chi connectivity index (χ2n) is 2.85. The molecule has 0 bridgehead atoms. The van der Waals surface area contributed by atoms with Crippen molar-refractivity contribution in [2.75, 3.05) is 6.54 Å². The van der Waals surface area contributed by atoms with Crippen molar-refractivity contribution in [3.05, 3.63) is 20.3 Å². The number of nitrogens with two attached hydrogens (primary N) is 1. The van der Waals surface area contributed by atoms with Crippen LogP contribution in [0, 0.1) is 0 Å². The summed E-state index contributed by atoms with van der Waals surface area (Å²) in [6, 6.07) is 1.48. The van der Waals surface area contributed by atoms with Crippen LogP contribution < -0.4 is 11.1 Å². The summed E-state index contributed by atoms with van der Waals surface area (Å²) in [5.74, 6) is -0.240. The lowest BCUT2D eigenvalue weighted by atomic mass is 10.3. The van der Waals surface area contributed by atoms with Gasteiger partial charge in [0, 0.05) is 12.6 Å². The average molecular weight is 253 g/mol. The van der Waals surface area contributed by atoms with E-state index >= 15 is 0 Å². The molecule has 0 aromatic carbocycles. The highest BCUT2D eigenvalue weighted by Gasteiger charge is 2.15. The maximum atomic E-state index is 11.5. The van der Waals surface area contributed by atoms with Gasteiger partial charge in [-0.3, -0.25) is 4.79 Å². The summed E-state index contributed by atoms with van der Waals surface area (Å²) >= 11 is 12.7. The molecule has 1 atom stereocenters. The third-order valence-corrected chi connectivity index (χ3v) is 3.12. The molecule has 0 aliphatic carbocycles. The van der Waals surface area contributed by atoms with Gasteiger partial charge in [0.2, 0.25) is 0 Å². The Morgan fingerprint density at radius 3 is 2.79 bits per heavy atom. The Bertz CT molecular complexity index is 340. The highest BCUT2D eigenvalue weighted by molar-refractivity contribution is 7.20. The number of hydrogen-bond donors (Lipinski definition) is 2. The van der Waals surface area contributed by atoms with E-state index in [-0.39, 0.29) is 11.9 Å². The van der Waals surface area contributed by atoms with Gasteiger partial charge >= 0.3 is 0 Å². The molecule has 1 rings (SSSR count). The second kappa shape index (κ2) is 4.98. The van der Waals surface area contributed by atoms with Crippen molar-refractivity contribution in [1.82, 2.24) is 5.32 Å². The molecule has 78 valence electrons. The Morgan fingerprint density at radius 1 is 1.71 bits per heavy atom. The lowest BCUT2D eigenvalue weighted by Gasteiger charge is -2.10. The third-order valence-electron chi connectivity index (χ3n) is 1.63. The van der Waals surface area contributed by atoms with Crippen LogP contribution in [0.5, 0.6) is 0 Å². The SMILES string of the molecule is C[C@@H](CN)NC(=O)c1cc(Cl)sc1Cl. The molecule has 0 aliphatic rings. The summed E-state index contributed by atoms with van der Waals surface area (Å²) < 4.78 is 0.900. The largest absolute Gasteiger partial charge is 0.348 e. The van der Waals surface area contributed by atoms with Crippen molar-refractivity contribution in [3.63, 3.8) is 0 Å². The van der Waals surface area contributed by atoms with Crippen LogP contribution in [-0.2, 0) is 0 Å². The van der Waals surface area contributed by atoms with Crippen LogP contribution >= 0.6 is 34.5 Å². The van der Waals surface area contributed by atoms with Crippen LogP contribution in [0.2, 0.25) is 8.67 Å². The Morgan fingerprint density at radius 2 is 2.36 bits per heavy atom. The van der Waals surface area contributed by atoms with Crippen LogP contribution in [0.4, 0.5) is 0 Å². The van der Waals surface area contributed by atoms with Gasteiger partial charge in [0.1, 0.15) is 4.34 Å². The molecular weight excluding hydrogens is 243 g/mol. The molecule has 0 aliphatic heterocycles. The van der Waals surface area contributed by atoms with E-state index in [1.165, 1.54) is 11.3 Å². The molecule has 0 saturated carbocycles. The average Bonchev–Trinajstić information content (AvgIpc) is 2.45. The summed E-state index contributed by atoms with van der Waals surface area (Å²) in [6.07, 6.45) is 0. The van der Waals surface area contributed by atoms with Crippen LogP contribution in [0.15, 0.2) is 6.07 Å². The molecule has 1 aromatic rings. The minimum Gasteiger partial charge on any atom is -0.348 e. The van der Waals surface area contributed by atoms with Crippen LogP contribution in [0.1, 0.15) is 17.3 Å². The molecule has 0 spiro atoms. The molecule has 1 amide bonds. The Kier molecular flexibility index (Phi) is 4.19. The van der Waals surface area contributed by atoms with Gasteiger partial charge in [-0.25, -0.2) is 0 Å². The molecule has 3 nitrogen and oxygen atoms in total. The Balaban J connectivity index is 2.74. The molecule has 1 heterocycles. The predicted octanol–water partition coefficient (Wildman–Crippen LogP) is 2.13. The summed E-state index contributed by atoms with van der Waals surface area (Å²) in [6.45, 7) is 2.21. The maximum Gasteiger partial charge on any atom is 0.253 e. The summed E-state index contributed by atoms with van der Waals surface area (Å²) in [5.41, 5.74) is 5.78. The van der Waals surface area contributed by atoms with Gasteiger partial charge < -0.3 is 11.1 Å². The second-order valence-corrected chi connectivity index (χ2v) is 5.13. The van der Waals surface area contributed by atoms with Gasteiger partial charge in [0.25, 0.3) is 5.91 Å². The minimum atomic E-state index is -0.240. The van der Waals surface area contributed by atoms with Gasteiger partial charge in [-0.2, -0.15) is 0 Å². The minimum absolute atomic E-state index is 0.0720. The van der Waals surface area contributed by atoms with Gasteiger partial charge in [-0.05, 0) is 13.0 Å². The third kappa shape index (κ3) is 2.85. The first-order valence-electron chi connectivity index (χ1n) is 4.00. The molecule has 0 radical (unpaired) electrons. The fourth-order valence-corrected chi connectivity index (χ4v) is 2.31. The molecular formula is C8H10Cl2N2OS. The highest BCUT2D eigenvalue weighted by Crippen LogP contribution is 2.30. The van der Waals surface area contributed by atoms with E-state index in [0.29, 0.717) is 20.8 Å². The van der Waals surface area contributed by atoms with E-state index in [0.717, 1.165) is 0 Å². The quantitative estimate of drug-likeness (QED) is 0.867.